The van der Waals surface area contributed by atoms with Crippen molar-refractivity contribution in [3.63, 3.8) is 0 Å². The molecule has 4 nitrogen and oxygen atoms in total. The van der Waals surface area contributed by atoms with E-state index in [2.05, 4.69) is 25.9 Å². The molecule has 19 heavy (non-hydrogen) atoms. The number of thiophene rings is 1. The fourth-order valence-electron chi connectivity index (χ4n) is 2.73. The number of rotatable bonds is 1. The molecule has 0 amide bonds. The van der Waals surface area contributed by atoms with E-state index in [1.54, 1.807) is 17.7 Å². The number of fused-ring (bicyclic) bond motifs is 3. The maximum atomic E-state index is 4.52. The predicted molar refractivity (Wildman–Crippen MR) is 78.8 cm³/mol. The van der Waals surface area contributed by atoms with E-state index in [-0.39, 0.29) is 0 Å². The van der Waals surface area contributed by atoms with Gasteiger partial charge in [-0.3, -0.25) is 0 Å². The molecule has 0 aromatic carbocycles. The number of aromatic nitrogens is 3. The normalized spacial score (nSPS) is 16.3. The van der Waals surface area contributed by atoms with Gasteiger partial charge in [0.25, 0.3) is 0 Å². The van der Waals surface area contributed by atoms with E-state index in [9.17, 15) is 0 Å². The van der Waals surface area contributed by atoms with Crippen molar-refractivity contribution in [3.8, 4) is 0 Å². The lowest BCUT2D eigenvalue weighted by Gasteiger charge is -2.27. The number of hydrogen-bond acceptors (Lipinski definition) is 5. The van der Waals surface area contributed by atoms with Gasteiger partial charge >= 0.3 is 0 Å². The molecule has 3 aromatic rings. The summed E-state index contributed by atoms with van der Waals surface area (Å²) in [4.78, 5) is 16.9. The number of nitrogens with zero attached hydrogens (tertiary/aromatic N) is 4. The van der Waals surface area contributed by atoms with E-state index in [0.29, 0.717) is 0 Å². The molecule has 1 aliphatic rings. The highest BCUT2D eigenvalue weighted by Gasteiger charge is 2.18. The first-order valence-corrected chi connectivity index (χ1v) is 7.48. The van der Waals surface area contributed by atoms with Crippen molar-refractivity contribution in [1.82, 2.24) is 15.0 Å². The van der Waals surface area contributed by atoms with Gasteiger partial charge in [0.2, 0.25) is 0 Å². The first kappa shape index (κ1) is 11.1. The smallest absolute Gasteiger partial charge is 0.150 e. The Morgan fingerprint density at radius 1 is 1.05 bits per heavy atom. The Hall–Kier alpha value is -1.75. The lowest BCUT2D eigenvalue weighted by atomic mass is 10.1. The Morgan fingerprint density at radius 2 is 1.95 bits per heavy atom. The molecule has 4 rings (SSSR count). The minimum absolute atomic E-state index is 1.05. The first-order chi connectivity index (χ1) is 9.43. The van der Waals surface area contributed by atoms with Crippen LogP contribution in [0, 0.1) is 0 Å². The number of hydrogen-bond donors (Lipinski definition) is 0. The summed E-state index contributed by atoms with van der Waals surface area (Å²) >= 11 is 1.70. The van der Waals surface area contributed by atoms with Gasteiger partial charge in [-0.2, -0.15) is 0 Å². The fraction of sp³-hybridized carbons (Fsp3) is 0.357. The van der Waals surface area contributed by atoms with Crippen LogP contribution >= 0.6 is 11.3 Å². The first-order valence-electron chi connectivity index (χ1n) is 6.67. The van der Waals surface area contributed by atoms with Crippen LogP contribution in [0.1, 0.15) is 19.3 Å². The van der Waals surface area contributed by atoms with Crippen molar-refractivity contribution in [2.24, 2.45) is 0 Å². The minimum atomic E-state index is 1.05. The molecule has 1 fully saturated rings. The van der Waals surface area contributed by atoms with Crippen LogP contribution in [0.2, 0.25) is 0 Å². The summed E-state index contributed by atoms with van der Waals surface area (Å²) in [6.45, 7) is 2.21. The standard InChI is InChI=1S/C14H14N4S/c1-2-7-18(8-3-1)13-12-11(16-9-17-13)10-5-4-6-15-14(10)19-12/h4-6,9H,1-3,7-8H2. The van der Waals surface area contributed by atoms with E-state index in [1.807, 2.05) is 12.3 Å². The van der Waals surface area contributed by atoms with Crippen molar-refractivity contribution < 1.29 is 0 Å². The average molecular weight is 270 g/mol. The van der Waals surface area contributed by atoms with Gasteiger partial charge in [0.1, 0.15) is 17.0 Å². The summed E-state index contributed by atoms with van der Waals surface area (Å²) in [6.07, 6.45) is 7.37. The summed E-state index contributed by atoms with van der Waals surface area (Å²) in [5.74, 6) is 1.09. The highest BCUT2D eigenvalue weighted by atomic mass is 32.1. The Labute approximate surface area is 115 Å². The molecular formula is C14H14N4S. The Bertz CT molecular complexity index is 730. The summed E-state index contributed by atoms with van der Waals surface area (Å²) in [7, 11) is 0. The lowest BCUT2D eigenvalue weighted by Crippen LogP contribution is -2.30. The van der Waals surface area contributed by atoms with Crippen LogP contribution in [-0.2, 0) is 0 Å². The van der Waals surface area contributed by atoms with Gasteiger partial charge in [0, 0.05) is 24.7 Å². The zero-order valence-electron chi connectivity index (χ0n) is 10.5. The average Bonchev–Trinajstić information content (AvgIpc) is 2.87. The maximum absolute atomic E-state index is 4.52. The number of pyridine rings is 1. The molecule has 0 unspecified atom stereocenters. The van der Waals surface area contributed by atoms with E-state index in [1.165, 1.54) is 24.0 Å². The molecule has 96 valence electrons. The largest absolute Gasteiger partial charge is 0.355 e. The predicted octanol–water partition coefficient (Wildman–Crippen LogP) is 3.23. The van der Waals surface area contributed by atoms with E-state index in [4.69, 9.17) is 0 Å². The number of piperidine rings is 1. The van der Waals surface area contributed by atoms with Crippen molar-refractivity contribution in [3.05, 3.63) is 24.7 Å². The molecule has 3 aromatic heterocycles. The SMILES string of the molecule is c1cnc2sc3c(N4CCCCC4)ncnc3c2c1. The summed E-state index contributed by atoms with van der Waals surface area (Å²) < 4.78 is 1.18. The molecule has 0 atom stereocenters. The van der Waals surface area contributed by atoms with Gasteiger partial charge in [-0.25, -0.2) is 15.0 Å². The molecule has 4 heterocycles. The Balaban J connectivity index is 1.95. The van der Waals surface area contributed by atoms with Gasteiger partial charge in [0.15, 0.2) is 0 Å². The van der Waals surface area contributed by atoms with Crippen LogP contribution in [0.25, 0.3) is 20.4 Å². The second-order valence-electron chi connectivity index (χ2n) is 4.88. The molecule has 1 saturated heterocycles. The molecular weight excluding hydrogens is 256 g/mol. The van der Waals surface area contributed by atoms with Crippen LogP contribution in [-0.4, -0.2) is 28.0 Å². The second-order valence-corrected chi connectivity index (χ2v) is 5.88. The van der Waals surface area contributed by atoms with Crippen molar-refractivity contribution >= 4 is 37.6 Å². The quantitative estimate of drug-likeness (QED) is 0.681. The van der Waals surface area contributed by atoms with Crippen molar-refractivity contribution in [1.29, 1.82) is 0 Å². The highest BCUT2D eigenvalue weighted by molar-refractivity contribution is 7.25. The number of anilines is 1. The lowest BCUT2D eigenvalue weighted by molar-refractivity contribution is 0.575. The zero-order valence-corrected chi connectivity index (χ0v) is 11.4. The maximum Gasteiger partial charge on any atom is 0.150 e. The third-order valence-corrected chi connectivity index (χ3v) is 4.76. The Morgan fingerprint density at radius 3 is 2.84 bits per heavy atom. The van der Waals surface area contributed by atoms with Crippen LogP contribution in [0.3, 0.4) is 0 Å². The fourth-order valence-corrected chi connectivity index (χ4v) is 3.84. The topological polar surface area (TPSA) is 41.9 Å². The Kier molecular flexibility index (Phi) is 2.58. The zero-order chi connectivity index (χ0) is 12.7. The molecule has 0 saturated carbocycles. The van der Waals surface area contributed by atoms with Gasteiger partial charge in [-0.15, -0.1) is 11.3 Å². The third-order valence-electron chi connectivity index (χ3n) is 3.67. The summed E-state index contributed by atoms with van der Waals surface area (Å²) in [5.41, 5.74) is 1.05. The van der Waals surface area contributed by atoms with E-state index >= 15 is 0 Å². The van der Waals surface area contributed by atoms with E-state index in [0.717, 1.165) is 34.6 Å². The third kappa shape index (κ3) is 1.76. The summed E-state index contributed by atoms with van der Waals surface area (Å²) in [6, 6.07) is 4.06. The van der Waals surface area contributed by atoms with Crippen molar-refractivity contribution in [2.45, 2.75) is 19.3 Å². The van der Waals surface area contributed by atoms with Crippen LogP contribution in [0.5, 0.6) is 0 Å². The monoisotopic (exact) mass is 270 g/mol. The minimum Gasteiger partial charge on any atom is -0.355 e. The molecule has 0 N–H and O–H groups in total. The van der Waals surface area contributed by atoms with Crippen LogP contribution in [0.4, 0.5) is 5.82 Å². The van der Waals surface area contributed by atoms with Crippen molar-refractivity contribution in [2.75, 3.05) is 18.0 Å². The molecule has 1 aliphatic heterocycles. The van der Waals surface area contributed by atoms with Gasteiger partial charge in [0.05, 0.1) is 10.2 Å². The van der Waals surface area contributed by atoms with Gasteiger partial charge in [-0.05, 0) is 31.4 Å². The van der Waals surface area contributed by atoms with E-state index < -0.39 is 0 Å². The van der Waals surface area contributed by atoms with Gasteiger partial charge in [-0.1, -0.05) is 0 Å². The molecule has 0 aliphatic carbocycles. The molecule has 0 radical (unpaired) electrons. The summed E-state index contributed by atoms with van der Waals surface area (Å²) in [5, 5.41) is 1.14. The molecule has 0 bridgehead atoms. The van der Waals surface area contributed by atoms with Crippen LogP contribution in [0.15, 0.2) is 24.7 Å². The van der Waals surface area contributed by atoms with Gasteiger partial charge < -0.3 is 4.90 Å². The molecule has 0 spiro atoms. The second kappa shape index (κ2) is 4.42. The van der Waals surface area contributed by atoms with Crippen LogP contribution < -0.4 is 4.90 Å². The highest BCUT2D eigenvalue weighted by Crippen LogP contribution is 2.36. The molecule has 5 heteroatoms.